The number of thiazole rings is 1. The van der Waals surface area contributed by atoms with Crippen LogP contribution in [-0.4, -0.2) is 34.9 Å². The molecule has 0 radical (unpaired) electrons. The topological polar surface area (TPSA) is 68.5 Å². The number of nitrogens with zero attached hydrogens (tertiary/aromatic N) is 2. The average molecular weight is 439 g/mol. The molecule has 1 fully saturated rings. The molecule has 1 unspecified atom stereocenters. The third kappa shape index (κ3) is 5.24. The van der Waals surface area contributed by atoms with Crippen LogP contribution in [0.15, 0.2) is 24.3 Å². The Morgan fingerprint density at radius 3 is 2.73 bits per heavy atom. The number of hydrogen-bond acceptors (Lipinski definition) is 5. The summed E-state index contributed by atoms with van der Waals surface area (Å²) >= 11 is 7.25. The summed E-state index contributed by atoms with van der Waals surface area (Å²) < 4.78 is 5.71. The maximum absolute atomic E-state index is 12.7. The maximum Gasteiger partial charge on any atom is 0.266 e. The van der Waals surface area contributed by atoms with Crippen LogP contribution in [0, 0.1) is 6.92 Å². The van der Waals surface area contributed by atoms with E-state index in [1.165, 1.54) is 11.3 Å². The molecule has 1 aromatic heterocycles. The molecule has 3 rings (SSSR count). The number of halogens is 3. The zero-order valence-electron chi connectivity index (χ0n) is 14.3. The Balaban J connectivity index is 0.00000169. The van der Waals surface area contributed by atoms with Crippen molar-refractivity contribution in [3.63, 3.8) is 0 Å². The normalized spacial score (nSPS) is 16.0. The lowest BCUT2D eigenvalue weighted by Crippen LogP contribution is -2.39. The Hall–Kier alpha value is -1.05. The Kier molecular flexibility index (Phi) is 9.13. The zero-order valence-corrected chi connectivity index (χ0v) is 17.5. The number of benzene rings is 1. The quantitative estimate of drug-likeness (QED) is 0.763. The first-order valence-electron chi connectivity index (χ1n) is 7.94. The van der Waals surface area contributed by atoms with Gasteiger partial charge in [-0.05, 0) is 44.0 Å². The fraction of sp³-hybridized carbons (Fsp3) is 0.412. The summed E-state index contributed by atoms with van der Waals surface area (Å²) in [4.78, 5) is 19.8. The van der Waals surface area contributed by atoms with Gasteiger partial charge in [-0.15, -0.1) is 36.2 Å². The van der Waals surface area contributed by atoms with E-state index in [9.17, 15) is 4.79 Å². The first kappa shape index (κ1) is 23.0. The second-order valence-corrected chi connectivity index (χ2v) is 7.32. The SMILES string of the molecule is Cc1nc(COc2ccc(Cl)cc2)sc1C(=O)N1CCCC1CN.Cl.Cl. The van der Waals surface area contributed by atoms with Crippen LogP contribution in [0.1, 0.15) is 33.2 Å². The van der Waals surface area contributed by atoms with E-state index in [0.29, 0.717) is 23.1 Å². The standard InChI is InChI=1S/C17H20ClN3O2S.2ClH/c1-11-16(17(22)21-8-2-3-13(21)9-19)24-15(20-11)10-23-14-6-4-12(18)5-7-14;;/h4-7,13H,2-3,8-10,19H2,1H3;2*1H. The number of ether oxygens (including phenoxy) is 1. The van der Waals surface area contributed by atoms with E-state index < -0.39 is 0 Å². The van der Waals surface area contributed by atoms with Crippen LogP contribution in [0.4, 0.5) is 0 Å². The molecule has 5 nitrogen and oxygen atoms in total. The van der Waals surface area contributed by atoms with E-state index in [1.54, 1.807) is 12.1 Å². The van der Waals surface area contributed by atoms with Crippen LogP contribution in [0.5, 0.6) is 5.75 Å². The summed E-state index contributed by atoms with van der Waals surface area (Å²) in [5.74, 6) is 0.763. The minimum atomic E-state index is 0. The predicted octanol–water partition coefficient (Wildman–Crippen LogP) is 4.09. The minimum absolute atomic E-state index is 0. The number of hydrogen-bond donors (Lipinski definition) is 1. The Morgan fingerprint density at radius 2 is 2.08 bits per heavy atom. The summed E-state index contributed by atoms with van der Waals surface area (Å²) in [6.07, 6.45) is 1.99. The van der Waals surface area contributed by atoms with E-state index >= 15 is 0 Å². The van der Waals surface area contributed by atoms with Crippen molar-refractivity contribution >= 4 is 53.7 Å². The van der Waals surface area contributed by atoms with Crippen LogP contribution in [0.2, 0.25) is 5.02 Å². The van der Waals surface area contributed by atoms with E-state index in [1.807, 2.05) is 24.0 Å². The number of likely N-dealkylation sites (tertiary alicyclic amines) is 1. The fourth-order valence-electron chi connectivity index (χ4n) is 2.87. The van der Waals surface area contributed by atoms with Gasteiger partial charge in [-0.25, -0.2) is 4.98 Å². The monoisotopic (exact) mass is 437 g/mol. The summed E-state index contributed by atoms with van der Waals surface area (Å²) in [6.45, 7) is 3.48. The molecule has 1 saturated heterocycles. The summed E-state index contributed by atoms with van der Waals surface area (Å²) in [5.41, 5.74) is 6.52. The summed E-state index contributed by atoms with van der Waals surface area (Å²) in [5, 5.41) is 1.45. The van der Waals surface area contributed by atoms with Gasteiger partial charge >= 0.3 is 0 Å². The highest BCUT2D eigenvalue weighted by molar-refractivity contribution is 7.13. The van der Waals surface area contributed by atoms with Gasteiger partial charge in [-0.1, -0.05) is 11.6 Å². The Labute approximate surface area is 174 Å². The van der Waals surface area contributed by atoms with Crippen LogP contribution in [0.3, 0.4) is 0 Å². The van der Waals surface area contributed by atoms with Crippen molar-refractivity contribution in [1.29, 1.82) is 0 Å². The summed E-state index contributed by atoms with van der Waals surface area (Å²) in [6, 6.07) is 7.32. The van der Waals surface area contributed by atoms with Gasteiger partial charge < -0.3 is 15.4 Å². The third-order valence-corrected chi connectivity index (χ3v) is 5.49. The third-order valence-electron chi connectivity index (χ3n) is 4.12. The number of carbonyl (C=O) groups is 1. The lowest BCUT2D eigenvalue weighted by Gasteiger charge is -2.22. The second kappa shape index (κ2) is 10.3. The molecule has 9 heteroatoms. The zero-order chi connectivity index (χ0) is 17.1. The molecular weight excluding hydrogens is 417 g/mol. The molecule has 1 aliphatic heterocycles. The predicted molar refractivity (Wildman–Crippen MR) is 110 cm³/mol. The number of aromatic nitrogens is 1. The Bertz CT molecular complexity index is 725. The molecule has 2 heterocycles. The summed E-state index contributed by atoms with van der Waals surface area (Å²) in [7, 11) is 0. The van der Waals surface area contributed by atoms with Gasteiger partial charge in [0.05, 0.1) is 5.69 Å². The number of carbonyl (C=O) groups excluding carboxylic acids is 1. The van der Waals surface area contributed by atoms with Gasteiger partial charge in [0.1, 0.15) is 22.2 Å². The maximum atomic E-state index is 12.7. The number of aryl methyl sites for hydroxylation is 1. The van der Waals surface area contributed by atoms with Gasteiger partial charge in [0.25, 0.3) is 5.91 Å². The van der Waals surface area contributed by atoms with Crippen molar-refractivity contribution in [1.82, 2.24) is 9.88 Å². The largest absolute Gasteiger partial charge is 0.486 e. The molecule has 144 valence electrons. The molecule has 0 saturated carbocycles. The molecule has 1 atom stereocenters. The van der Waals surface area contributed by atoms with Crippen molar-refractivity contribution in [2.45, 2.75) is 32.4 Å². The van der Waals surface area contributed by atoms with Gasteiger partial charge in [-0.2, -0.15) is 0 Å². The van der Waals surface area contributed by atoms with Crippen LogP contribution in [-0.2, 0) is 6.61 Å². The van der Waals surface area contributed by atoms with E-state index in [4.69, 9.17) is 22.1 Å². The minimum Gasteiger partial charge on any atom is -0.486 e. The molecule has 26 heavy (non-hydrogen) atoms. The molecule has 0 bridgehead atoms. The first-order valence-corrected chi connectivity index (χ1v) is 9.13. The first-order chi connectivity index (χ1) is 11.6. The van der Waals surface area contributed by atoms with Crippen molar-refractivity contribution in [2.24, 2.45) is 5.73 Å². The molecule has 0 spiro atoms. The molecule has 1 aromatic carbocycles. The van der Waals surface area contributed by atoms with Gasteiger partial charge in [0, 0.05) is 24.2 Å². The number of nitrogens with two attached hydrogens (primary N) is 1. The highest BCUT2D eigenvalue weighted by Gasteiger charge is 2.30. The lowest BCUT2D eigenvalue weighted by molar-refractivity contribution is 0.0745. The number of amides is 1. The molecule has 1 amide bonds. The van der Waals surface area contributed by atoms with Gasteiger partial charge in [0.2, 0.25) is 0 Å². The van der Waals surface area contributed by atoms with E-state index in [2.05, 4.69) is 4.98 Å². The highest BCUT2D eigenvalue weighted by atomic mass is 35.5. The van der Waals surface area contributed by atoms with E-state index in [-0.39, 0.29) is 36.8 Å². The molecule has 1 aliphatic rings. The highest BCUT2D eigenvalue weighted by Crippen LogP contribution is 2.26. The fourth-order valence-corrected chi connectivity index (χ4v) is 3.93. The lowest BCUT2D eigenvalue weighted by atomic mass is 10.2. The van der Waals surface area contributed by atoms with Crippen LogP contribution >= 0.6 is 47.8 Å². The van der Waals surface area contributed by atoms with Gasteiger partial charge in [-0.3, -0.25) is 4.79 Å². The smallest absolute Gasteiger partial charge is 0.266 e. The van der Waals surface area contributed by atoms with E-state index in [0.717, 1.165) is 35.8 Å². The second-order valence-electron chi connectivity index (χ2n) is 5.80. The van der Waals surface area contributed by atoms with Crippen molar-refractivity contribution in [2.75, 3.05) is 13.1 Å². The molecular formula is C17H22Cl3N3O2S. The van der Waals surface area contributed by atoms with Crippen molar-refractivity contribution in [3.8, 4) is 5.75 Å². The van der Waals surface area contributed by atoms with Crippen LogP contribution in [0.25, 0.3) is 0 Å². The molecule has 0 aliphatic carbocycles. The Morgan fingerprint density at radius 1 is 1.38 bits per heavy atom. The van der Waals surface area contributed by atoms with Crippen LogP contribution < -0.4 is 10.5 Å². The van der Waals surface area contributed by atoms with Gasteiger partial charge in [0.15, 0.2) is 0 Å². The molecule has 2 N–H and O–H groups in total. The van der Waals surface area contributed by atoms with Crippen molar-refractivity contribution < 1.29 is 9.53 Å². The van der Waals surface area contributed by atoms with Crippen molar-refractivity contribution in [3.05, 3.63) is 44.9 Å². The number of rotatable bonds is 5. The molecule has 2 aromatic rings. The average Bonchev–Trinajstić information content (AvgIpc) is 3.20.